The third-order valence-electron chi connectivity index (χ3n) is 3.46. The lowest BCUT2D eigenvalue weighted by molar-refractivity contribution is 0.340. The first-order valence-corrected chi connectivity index (χ1v) is 9.32. The van der Waals surface area contributed by atoms with Crippen LogP contribution in [0.15, 0.2) is 30.3 Å². The molecule has 122 valence electrons. The molecule has 0 aromatic heterocycles. The summed E-state index contributed by atoms with van der Waals surface area (Å²) in [6.45, 7) is 0. The number of phenolic OH excluding ortho intramolecular Hbond substituents is 2. The van der Waals surface area contributed by atoms with E-state index in [1.807, 2.05) is 12.1 Å². The monoisotopic (exact) mass is 506 g/mol. The van der Waals surface area contributed by atoms with Crippen LogP contribution in [0.1, 0.15) is 18.4 Å². The van der Waals surface area contributed by atoms with Crippen LogP contribution in [0.5, 0.6) is 34.5 Å². The van der Waals surface area contributed by atoms with Gasteiger partial charge in [-0.3, -0.25) is 0 Å². The zero-order chi connectivity index (χ0) is 16.6. The third kappa shape index (κ3) is 3.78. The van der Waals surface area contributed by atoms with Crippen molar-refractivity contribution in [2.24, 2.45) is 0 Å². The van der Waals surface area contributed by atoms with Crippen molar-refractivity contribution in [1.29, 1.82) is 0 Å². The Balaban J connectivity index is 1.93. The zero-order valence-electron chi connectivity index (χ0n) is 11.9. The molecule has 0 aliphatic carbocycles. The van der Waals surface area contributed by atoms with E-state index in [0.717, 1.165) is 12.8 Å². The molecule has 0 unspecified atom stereocenters. The van der Waals surface area contributed by atoms with Crippen LogP contribution in [0.2, 0.25) is 0 Å². The molecule has 2 aromatic rings. The quantitative estimate of drug-likeness (QED) is 0.329. The van der Waals surface area contributed by atoms with Gasteiger partial charge in [0.25, 0.3) is 0 Å². The molecule has 2 N–H and O–H groups in total. The van der Waals surface area contributed by atoms with Gasteiger partial charge in [-0.1, -0.05) is 59.9 Å². The van der Waals surface area contributed by atoms with Gasteiger partial charge in [0.1, 0.15) is 2.14 Å². The van der Waals surface area contributed by atoms with Gasteiger partial charge in [0.15, 0.2) is 34.5 Å². The molecular weight excluding hydrogens is 496 g/mol. The van der Waals surface area contributed by atoms with Crippen LogP contribution in [-0.4, -0.2) is 12.4 Å². The number of fused-ring (bicyclic) bond motifs is 2. The largest absolute Gasteiger partial charge is 0.504 e. The van der Waals surface area contributed by atoms with Crippen LogP contribution >= 0.6 is 47.8 Å². The van der Waals surface area contributed by atoms with E-state index in [4.69, 9.17) is 9.47 Å². The Bertz CT molecular complexity index is 741. The maximum Gasteiger partial charge on any atom is 0.177 e. The Hall–Kier alpha value is -0.920. The molecule has 3 rings (SSSR count). The van der Waals surface area contributed by atoms with E-state index >= 15 is 0 Å². The summed E-state index contributed by atoms with van der Waals surface area (Å²) in [5.41, 5.74) is 0.534. The zero-order valence-corrected chi connectivity index (χ0v) is 16.6. The van der Waals surface area contributed by atoms with E-state index in [1.54, 1.807) is 12.1 Å². The van der Waals surface area contributed by atoms with E-state index in [1.165, 1.54) is 6.07 Å². The average Bonchev–Trinajstić information content (AvgIpc) is 2.48. The lowest BCUT2D eigenvalue weighted by Crippen LogP contribution is -2.04. The van der Waals surface area contributed by atoms with Crippen molar-refractivity contribution in [3.63, 3.8) is 0 Å². The Labute approximate surface area is 158 Å². The van der Waals surface area contributed by atoms with E-state index < -0.39 is 0 Å². The third-order valence-corrected chi connectivity index (χ3v) is 4.65. The van der Waals surface area contributed by atoms with Crippen LogP contribution in [0, 0.1) is 0 Å². The van der Waals surface area contributed by atoms with Crippen molar-refractivity contribution in [3.05, 3.63) is 35.9 Å². The van der Waals surface area contributed by atoms with E-state index in [2.05, 4.69) is 47.8 Å². The molecule has 23 heavy (non-hydrogen) atoms. The standard InChI is InChI=1S/C16H13Br3O4/c17-16(18,19)7-3-4-9-14(21)10(20)8-13-15(9)23-12-6-2-1-5-11(12)22-13/h1-2,5-6,8,20-21H,3-4,7H2. The number of ether oxygens (including phenoxy) is 2. The van der Waals surface area contributed by atoms with Crippen LogP contribution in [-0.2, 0) is 6.42 Å². The number of phenols is 2. The summed E-state index contributed by atoms with van der Waals surface area (Å²) in [6.07, 6.45) is 2.03. The highest BCUT2D eigenvalue weighted by Gasteiger charge is 2.26. The summed E-state index contributed by atoms with van der Waals surface area (Å²) in [7, 11) is 0. The second-order valence-electron chi connectivity index (χ2n) is 5.17. The highest BCUT2D eigenvalue weighted by atomic mass is 80.0. The molecule has 1 aliphatic rings. The molecular formula is C16H13Br3O4. The number of alkyl halides is 3. The van der Waals surface area contributed by atoms with Crippen LogP contribution < -0.4 is 9.47 Å². The van der Waals surface area contributed by atoms with Crippen molar-refractivity contribution in [2.75, 3.05) is 0 Å². The van der Waals surface area contributed by atoms with Gasteiger partial charge in [0.2, 0.25) is 0 Å². The fourth-order valence-electron chi connectivity index (χ4n) is 2.40. The summed E-state index contributed by atoms with van der Waals surface area (Å²) >= 11 is 10.3. The summed E-state index contributed by atoms with van der Waals surface area (Å²) in [5, 5.41) is 20.2. The Morgan fingerprint density at radius 1 is 0.957 bits per heavy atom. The van der Waals surface area contributed by atoms with E-state index in [0.29, 0.717) is 35.0 Å². The van der Waals surface area contributed by atoms with Crippen LogP contribution in [0.3, 0.4) is 0 Å². The van der Waals surface area contributed by atoms with Crippen LogP contribution in [0.4, 0.5) is 0 Å². The molecule has 1 heterocycles. The molecule has 0 saturated carbocycles. The Morgan fingerprint density at radius 3 is 2.26 bits per heavy atom. The minimum Gasteiger partial charge on any atom is -0.504 e. The second-order valence-corrected chi connectivity index (χ2v) is 12.4. The summed E-state index contributed by atoms with van der Waals surface area (Å²) < 4.78 is 11.3. The van der Waals surface area contributed by atoms with E-state index in [-0.39, 0.29) is 13.6 Å². The summed E-state index contributed by atoms with van der Waals surface area (Å²) in [5.74, 6) is 1.62. The number of hydrogen-bond donors (Lipinski definition) is 2. The highest BCUT2D eigenvalue weighted by molar-refractivity contribution is 9.39. The number of hydrogen-bond acceptors (Lipinski definition) is 4. The van der Waals surface area contributed by atoms with Gasteiger partial charge in [-0.15, -0.1) is 0 Å². The fourth-order valence-corrected chi connectivity index (χ4v) is 3.24. The molecule has 0 atom stereocenters. The predicted octanol–water partition coefficient (Wildman–Crippen LogP) is 6.16. The van der Waals surface area contributed by atoms with Crippen molar-refractivity contribution in [2.45, 2.75) is 21.4 Å². The summed E-state index contributed by atoms with van der Waals surface area (Å²) in [4.78, 5) is 0. The maximum absolute atomic E-state index is 10.2. The van der Waals surface area contributed by atoms with Gasteiger partial charge in [0.05, 0.1) is 0 Å². The molecule has 1 aliphatic heterocycles. The van der Waals surface area contributed by atoms with Gasteiger partial charge in [-0.05, 0) is 31.4 Å². The van der Waals surface area contributed by atoms with Gasteiger partial charge in [-0.25, -0.2) is 0 Å². The number of rotatable bonds is 3. The predicted molar refractivity (Wildman–Crippen MR) is 98.8 cm³/mol. The maximum atomic E-state index is 10.2. The molecule has 0 bridgehead atoms. The molecule has 0 amide bonds. The van der Waals surface area contributed by atoms with Crippen molar-refractivity contribution in [3.8, 4) is 34.5 Å². The SMILES string of the molecule is Oc1cc2c(c(CCCC(Br)(Br)Br)c1O)Oc1ccccc1O2. The number of benzene rings is 2. The molecule has 0 spiro atoms. The molecule has 4 nitrogen and oxygen atoms in total. The van der Waals surface area contributed by atoms with Gasteiger partial charge < -0.3 is 19.7 Å². The average molecular weight is 509 g/mol. The van der Waals surface area contributed by atoms with Gasteiger partial charge in [0, 0.05) is 11.6 Å². The van der Waals surface area contributed by atoms with Gasteiger partial charge >= 0.3 is 0 Å². The molecule has 0 fully saturated rings. The van der Waals surface area contributed by atoms with E-state index in [9.17, 15) is 10.2 Å². The minimum atomic E-state index is -0.344. The lowest BCUT2D eigenvalue weighted by atomic mass is 10.0. The Kier molecular flexibility index (Phi) is 4.80. The number of para-hydroxylation sites is 2. The Morgan fingerprint density at radius 2 is 1.61 bits per heavy atom. The second kappa shape index (κ2) is 6.53. The van der Waals surface area contributed by atoms with Crippen molar-refractivity contribution in [1.82, 2.24) is 0 Å². The fraction of sp³-hybridized carbons (Fsp3) is 0.250. The highest BCUT2D eigenvalue weighted by Crippen LogP contribution is 2.52. The lowest BCUT2D eigenvalue weighted by Gasteiger charge is -2.24. The van der Waals surface area contributed by atoms with Gasteiger partial charge in [-0.2, -0.15) is 0 Å². The molecule has 0 radical (unpaired) electrons. The normalized spacial score (nSPS) is 12.8. The minimum absolute atomic E-state index is 0.170. The first-order chi connectivity index (χ1) is 10.8. The molecule has 7 heteroatoms. The van der Waals surface area contributed by atoms with Crippen molar-refractivity contribution < 1.29 is 19.7 Å². The molecule has 0 saturated heterocycles. The number of halogens is 3. The smallest absolute Gasteiger partial charge is 0.177 e. The first-order valence-electron chi connectivity index (χ1n) is 6.94. The van der Waals surface area contributed by atoms with Crippen LogP contribution in [0.25, 0.3) is 0 Å². The first kappa shape index (κ1) is 16.9. The summed E-state index contributed by atoms with van der Waals surface area (Å²) in [6, 6.07) is 8.65. The number of aromatic hydroxyl groups is 2. The van der Waals surface area contributed by atoms with Crippen molar-refractivity contribution >= 4 is 47.8 Å². The topological polar surface area (TPSA) is 58.9 Å². The molecule has 2 aromatic carbocycles.